The van der Waals surface area contributed by atoms with Crippen molar-refractivity contribution in [2.75, 3.05) is 13.2 Å². The van der Waals surface area contributed by atoms with Crippen molar-refractivity contribution in [1.82, 2.24) is 0 Å². The van der Waals surface area contributed by atoms with Crippen molar-refractivity contribution in [2.45, 2.75) is 80.3 Å². The molecule has 2 atom stereocenters. The molecule has 0 rings (SSSR count). The van der Waals surface area contributed by atoms with Crippen LogP contribution in [0, 0.1) is 29.1 Å². The second kappa shape index (κ2) is 13.6. The standard InChI is InChI=1S/C18H32O7.C4H10O/c1-10(2)7-13(14(19)20)18(25,16(23)24)17(15(21)22,8-11(3)4)9-12(5)6;1-3-5-4-2/h10-13,25H,7-9H2,1-6H3,(H,19,20)(H,21,22)(H,23,24);3-4H2,1-2H3. The number of carboxylic acid groups (broad SMARTS) is 3. The number of rotatable bonds is 13. The molecule has 0 aromatic carbocycles. The normalized spacial score (nSPS) is 14.8. The number of carboxylic acids is 3. The lowest BCUT2D eigenvalue weighted by molar-refractivity contribution is -0.210. The Morgan fingerprint density at radius 3 is 1.33 bits per heavy atom. The van der Waals surface area contributed by atoms with E-state index < -0.39 is 34.8 Å². The van der Waals surface area contributed by atoms with Gasteiger partial charge in [-0.25, -0.2) is 4.79 Å². The maximum atomic E-state index is 12.2. The van der Waals surface area contributed by atoms with Crippen LogP contribution in [0.25, 0.3) is 0 Å². The Kier molecular flexibility index (Phi) is 13.8. The van der Waals surface area contributed by atoms with Gasteiger partial charge in [0.1, 0.15) is 5.41 Å². The SMILES string of the molecule is CC(C)CC(C(=O)O)C(O)(C(=O)O)C(CC(C)C)(CC(C)C)C(=O)O.CCOCC. The van der Waals surface area contributed by atoms with Gasteiger partial charge in [0.15, 0.2) is 5.60 Å². The van der Waals surface area contributed by atoms with E-state index in [1.165, 1.54) is 0 Å². The maximum Gasteiger partial charge on any atom is 0.337 e. The van der Waals surface area contributed by atoms with Crippen molar-refractivity contribution in [3.63, 3.8) is 0 Å². The summed E-state index contributed by atoms with van der Waals surface area (Å²) in [6.45, 7) is 15.9. The zero-order chi connectivity index (χ0) is 24.3. The molecule has 0 aliphatic heterocycles. The van der Waals surface area contributed by atoms with E-state index in [2.05, 4.69) is 0 Å². The molecule has 0 fully saturated rings. The van der Waals surface area contributed by atoms with Crippen LogP contribution in [0.2, 0.25) is 0 Å². The van der Waals surface area contributed by atoms with Crippen molar-refractivity contribution in [3.8, 4) is 0 Å². The lowest BCUT2D eigenvalue weighted by Gasteiger charge is -2.46. The van der Waals surface area contributed by atoms with Crippen LogP contribution in [-0.4, -0.2) is 57.1 Å². The lowest BCUT2D eigenvalue weighted by Crippen LogP contribution is -2.65. The van der Waals surface area contributed by atoms with Gasteiger partial charge >= 0.3 is 17.9 Å². The second-order valence-corrected chi connectivity index (χ2v) is 8.96. The first-order valence-corrected chi connectivity index (χ1v) is 10.6. The fourth-order valence-electron chi connectivity index (χ4n) is 3.94. The predicted octanol–water partition coefficient (Wildman–Crippen LogP) is 3.76. The molecule has 30 heavy (non-hydrogen) atoms. The Morgan fingerprint density at radius 2 is 1.17 bits per heavy atom. The van der Waals surface area contributed by atoms with Gasteiger partial charge in [-0.15, -0.1) is 0 Å². The molecule has 0 amide bonds. The van der Waals surface area contributed by atoms with Crippen molar-refractivity contribution in [1.29, 1.82) is 0 Å². The summed E-state index contributed by atoms with van der Waals surface area (Å²) in [5.41, 5.74) is -5.01. The van der Waals surface area contributed by atoms with Crippen LogP contribution in [0.4, 0.5) is 0 Å². The molecule has 0 spiro atoms. The molecule has 4 N–H and O–H groups in total. The highest BCUT2D eigenvalue weighted by Crippen LogP contribution is 2.49. The Balaban J connectivity index is 0. The van der Waals surface area contributed by atoms with E-state index in [0.717, 1.165) is 13.2 Å². The predicted molar refractivity (Wildman–Crippen MR) is 114 cm³/mol. The quantitative estimate of drug-likeness (QED) is 0.343. The highest BCUT2D eigenvalue weighted by molar-refractivity contribution is 5.93. The molecule has 0 bridgehead atoms. The van der Waals surface area contributed by atoms with Crippen molar-refractivity contribution in [2.24, 2.45) is 29.1 Å². The summed E-state index contributed by atoms with van der Waals surface area (Å²) in [4.78, 5) is 36.1. The van der Waals surface area contributed by atoms with Gasteiger partial charge in [0.25, 0.3) is 0 Å². The van der Waals surface area contributed by atoms with E-state index in [9.17, 15) is 34.8 Å². The molecule has 8 nitrogen and oxygen atoms in total. The van der Waals surface area contributed by atoms with E-state index in [0.29, 0.717) is 0 Å². The maximum absolute atomic E-state index is 12.2. The van der Waals surface area contributed by atoms with Gasteiger partial charge in [0, 0.05) is 13.2 Å². The van der Waals surface area contributed by atoms with Crippen molar-refractivity contribution < 1.29 is 39.5 Å². The fourth-order valence-corrected chi connectivity index (χ4v) is 3.94. The van der Waals surface area contributed by atoms with Gasteiger partial charge in [0.2, 0.25) is 0 Å². The molecule has 2 unspecified atom stereocenters. The van der Waals surface area contributed by atoms with Crippen LogP contribution < -0.4 is 0 Å². The van der Waals surface area contributed by atoms with Gasteiger partial charge in [-0.1, -0.05) is 41.5 Å². The number of carbonyl (C=O) groups is 3. The lowest BCUT2D eigenvalue weighted by atomic mass is 9.58. The Hall–Kier alpha value is -1.67. The fraction of sp³-hybridized carbons (Fsp3) is 0.864. The molecular weight excluding hydrogens is 392 g/mol. The van der Waals surface area contributed by atoms with E-state index in [4.69, 9.17) is 4.74 Å². The molecule has 0 saturated carbocycles. The van der Waals surface area contributed by atoms with Crippen LogP contribution in [0.1, 0.15) is 74.7 Å². The number of aliphatic hydroxyl groups is 1. The summed E-state index contributed by atoms with van der Waals surface area (Å²) in [7, 11) is 0. The first kappa shape index (κ1) is 30.5. The molecule has 0 saturated heterocycles. The number of hydrogen-bond acceptors (Lipinski definition) is 5. The van der Waals surface area contributed by atoms with Crippen LogP contribution in [0.3, 0.4) is 0 Å². The monoisotopic (exact) mass is 434 g/mol. The molecular formula is C22H42O8. The van der Waals surface area contributed by atoms with Gasteiger partial charge in [0.05, 0.1) is 5.92 Å². The first-order chi connectivity index (χ1) is 13.6. The molecule has 8 heteroatoms. The zero-order valence-corrected chi connectivity index (χ0v) is 19.8. The molecule has 0 aliphatic rings. The Morgan fingerprint density at radius 1 is 0.767 bits per heavy atom. The van der Waals surface area contributed by atoms with Crippen LogP contribution in [0.15, 0.2) is 0 Å². The topological polar surface area (TPSA) is 141 Å². The van der Waals surface area contributed by atoms with Gasteiger partial charge in [-0.05, 0) is 50.9 Å². The Labute approximate surface area is 180 Å². The third kappa shape index (κ3) is 8.22. The molecule has 0 aromatic heterocycles. The summed E-state index contributed by atoms with van der Waals surface area (Å²) in [5.74, 6) is -7.21. The third-order valence-electron chi connectivity index (χ3n) is 4.90. The van der Waals surface area contributed by atoms with E-state index in [1.54, 1.807) is 41.5 Å². The van der Waals surface area contributed by atoms with E-state index in [-0.39, 0.29) is 37.0 Å². The first-order valence-electron chi connectivity index (χ1n) is 10.6. The molecule has 0 aromatic rings. The highest BCUT2D eigenvalue weighted by atomic mass is 16.5. The minimum Gasteiger partial charge on any atom is -0.481 e. The van der Waals surface area contributed by atoms with Crippen molar-refractivity contribution >= 4 is 17.9 Å². The van der Waals surface area contributed by atoms with Crippen LogP contribution in [-0.2, 0) is 19.1 Å². The summed E-state index contributed by atoms with van der Waals surface area (Å²) in [6, 6.07) is 0. The smallest absolute Gasteiger partial charge is 0.337 e. The molecule has 0 aliphatic carbocycles. The number of hydrogen-bond donors (Lipinski definition) is 4. The summed E-state index contributed by atoms with van der Waals surface area (Å²) in [6.07, 6.45) is -0.403. The highest BCUT2D eigenvalue weighted by Gasteiger charge is 2.66. The van der Waals surface area contributed by atoms with Gasteiger partial charge in [-0.2, -0.15) is 0 Å². The molecule has 178 valence electrons. The average Bonchev–Trinajstić information content (AvgIpc) is 2.57. The molecule has 0 radical (unpaired) electrons. The van der Waals surface area contributed by atoms with Crippen LogP contribution in [0.5, 0.6) is 0 Å². The van der Waals surface area contributed by atoms with Crippen LogP contribution >= 0.6 is 0 Å². The van der Waals surface area contributed by atoms with E-state index in [1.807, 2.05) is 13.8 Å². The summed E-state index contributed by atoms with van der Waals surface area (Å²) in [5, 5.41) is 40.5. The van der Waals surface area contributed by atoms with Gasteiger partial charge < -0.3 is 25.2 Å². The third-order valence-corrected chi connectivity index (χ3v) is 4.90. The minimum atomic E-state index is -2.91. The van der Waals surface area contributed by atoms with Crippen molar-refractivity contribution in [3.05, 3.63) is 0 Å². The average molecular weight is 435 g/mol. The summed E-state index contributed by atoms with van der Waals surface area (Å²) >= 11 is 0. The minimum absolute atomic E-state index is 0.134. The second-order valence-electron chi connectivity index (χ2n) is 8.96. The molecule has 0 heterocycles. The Bertz CT molecular complexity index is 529. The zero-order valence-electron chi connectivity index (χ0n) is 19.8. The largest absolute Gasteiger partial charge is 0.481 e. The van der Waals surface area contributed by atoms with Gasteiger partial charge in [-0.3, -0.25) is 9.59 Å². The van der Waals surface area contributed by atoms with E-state index >= 15 is 0 Å². The number of aliphatic carboxylic acids is 3. The number of ether oxygens (including phenoxy) is 1. The summed E-state index contributed by atoms with van der Waals surface area (Å²) < 4.78 is 4.83.